The number of likely N-dealkylation sites (N-methyl/N-ethyl adjacent to an activating group) is 1. The van der Waals surface area contributed by atoms with Gasteiger partial charge in [-0.3, -0.25) is 0 Å². The molecule has 0 amide bonds. The Hall–Kier alpha value is -1.11. The molecule has 1 saturated heterocycles. The van der Waals surface area contributed by atoms with Crippen LogP contribution in [0.5, 0.6) is 0 Å². The molecule has 0 aliphatic carbocycles. The van der Waals surface area contributed by atoms with Crippen molar-refractivity contribution in [2.45, 2.75) is 37.6 Å². The summed E-state index contributed by atoms with van der Waals surface area (Å²) in [4.78, 5) is 2.39. The average Bonchev–Trinajstić information content (AvgIpc) is 2.81. The van der Waals surface area contributed by atoms with Crippen molar-refractivity contribution in [3.63, 3.8) is 0 Å². The first-order valence-electron chi connectivity index (χ1n) is 7.26. The van der Waals surface area contributed by atoms with E-state index in [0.29, 0.717) is 22.7 Å². The Morgan fingerprint density at radius 2 is 2.00 bits per heavy atom. The van der Waals surface area contributed by atoms with E-state index in [2.05, 4.69) is 0 Å². The van der Waals surface area contributed by atoms with Crippen molar-refractivity contribution in [1.29, 1.82) is 0 Å². The zero-order valence-corrected chi connectivity index (χ0v) is 14.1. The molecule has 1 aliphatic rings. The SMILES string of the molecule is Cc1cc(N)c(C)c(S(=O)(=O)N2CCCC2CN(C)C)c1. The van der Waals surface area contributed by atoms with Crippen LogP contribution in [0.1, 0.15) is 24.0 Å². The van der Waals surface area contributed by atoms with Crippen molar-refractivity contribution in [2.75, 3.05) is 32.9 Å². The fraction of sp³-hybridized carbons (Fsp3) is 0.600. The highest BCUT2D eigenvalue weighted by atomic mass is 32.2. The molecule has 2 rings (SSSR count). The zero-order chi connectivity index (χ0) is 15.8. The van der Waals surface area contributed by atoms with E-state index in [4.69, 9.17) is 5.73 Å². The van der Waals surface area contributed by atoms with Gasteiger partial charge in [-0.15, -0.1) is 0 Å². The number of nitrogens with two attached hydrogens (primary N) is 1. The minimum Gasteiger partial charge on any atom is -0.398 e. The molecule has 0 aromatic heterocycles. The van der Waals surface area contributed by atoms with Crippen LogP contribution in [0.2, 0.25) is 0 Å². The van der Waals surface area contributed by atoms with Crippen LogP contribution in [0.25, 0.3) is 0 Å². The molecule has 1 aromatic rings. The molecule has 6 heteroatoms. The molecule has 1 atom stereocenters. The summed E-state index contributed by atoms with van der Waals surface area (Å²) in [6, 6.07) is 3.59. The van der Waals surface area contributed by atoms with E-state index in [1.165, 1.54) is 0 Å². The number of aryl methyl sites for hydroxylation is 1. The van der Waals surface area contributed by atoms with Gasteiger partial charge in [0.15, 0.2) is 0 Å². The quantitative estimate of drug-likeness (QED) is 0.858. The predicted molar refractivity (Wildman–Crippen MR) is 85.8 cm³/mol. The van der Waals surface area contributed by atoms with Crippen LogP contribution < -0.4 is 5.73 Å². The fourth-order valence-electron chi connectivity index (χ4n) is 2.98. The Balaban J connectivity index is 2.42. The molecule has 1 heterocycles. The fourth-order valence-corrected chi connectivity index (χ4v) is 5.00. The molecule has 118 valence electrons. The molecule has 5 nitrogen and oxygen atoms in total. The zero-order valence-electron chi connectivity index (χ0n) is 13.3. The number of rotatable bonds is 4. The molecule has 21 heavy (non-hydrogen) atoms. The Kier molecular flexibility index (Phi) is 4.60. The van der Waals surface area contributed by atoms with Crippen molar-refractivity contribution in [1.82, 2.24) is 9.21 Å². The summed E-state index contributed by atoms with van der Waals surface area (Å²) in [5, 5.41) is 0. The van der Waals surface area contributed by atoms with Gasteiger partial charge in [0.05, 0.1) is 4.90 Å². The topological polar surface area (TPSA) is 66.6 Å². The molecule has 1 aromatic carbocycles. The van der Waals surface area contributed by atoms with E-state index >= 15 is 0 Å². The summed E-state index contributed by atoms with van der Waals surface area (Å²) in [6.07, 6.45) is 1.83. The summed E-state index contributed by atoms with van der Waals surface area (Å²) < 4.78 is 27.7. The maximum absolute atomic E-state index is 13.0. The van der Waals surface area contributed by atoms with Crippen molar-refractivity contribution in [2.24, 2.45) is 0 Å². The first-order valence-corrected chi connectivity index (χ1v) is 8.71. The van der Waals surface area contributed by atoms with Crippen molar-refractivity contribution in [3.8, 4) is 0 Å². The largest absolute Gasteiger partial charge is 0.398 e. The number of sulfonamides is 1. The van der Waals surface area contributed by atoms with E-state index in [-0.39, 0.29) is 6.04 Å². The first kappa shape index (κ1) is 16.3. The third-order valence-electron chi connectivity index (χ3n) is 4.03. The summed E-state index contributed by atoms with van der Waals surface area (Å²) in [5.74, 6) is 0. The molecule has 0 radical (unpaired) electrons. The summed E-state index contributed by atoms with van der Waals surface area (Å²) in [5.41, 5.74) is 8.00. The van der Waals surface area contributed by atoms with E-state index in [1.807, 2.05) is 32.0 Å². The van der Waals surface area contributed by atoms with E-state index in [9.17, 15) is 8.42 Å². The lowest BCUT2D eigenvalue weighted by atomic mass is 10.1. The van der Waals surface area contributed by atoms with E-state index in [1.54, 1.807) is 17.3 Å². The van der Waals surface area contributed by atoms with Crippen LogP contribution in [0.15, 0.2) is 17.0 Å². The lowest BCUT2D eigenvalue weighted by molar-refractivity contribution is 0.291. The third-order valence-corrected chi connectivity index (χ3v) is 6.11. The van der Waals surface area contributed by atoms with Crippen molar-refractivity contribution >= 4 is 15.7 Å². The lowest BCUT2D eigenvalue weighted by Gasteiger charge is -2.27. The molecule has 0 bridgehead atoms. The van der Waals surface area contributed by atoms with Gasteiger partial charge < -0.3 is 10.6 Å². The van der Waals surface area contributed by atoms with E-state index < -0.39 is 10.0 Å². The van der Waals surface area contributed by atoms with Crippen molar-refractivity contribution < 1.29 is 8.42 Å². The molecule has 1 fully saturated rings. The smallest absolute Gasteiger partial charge is 0.243 e. The van der Waals surface area contributed by atoms with E-state index in [0.717, 1.165) is 24.9 Å². The number of hydrogen-bond acceptors (Lipinski definition) is 4. The number of hydrogen-bond donors (Lipinski definition) is 1. The van der Waals surface area contributed by atoms with Gasteiger partial charge in [-0.1, -0.05) is 0 Å². The summed E-state index contributed by atoms with van der Waals surface area (Å²) in [6.45, 7) is 4.99. The van der Waals surface area contributed by atoms with Gasteiger partial charge in [-0.05, 0) is 64.0 Å². The highest BCUT2D eigenvalue weighted by Gasteiger charge is 2.36. The number of nitrogens with zero attached hydrogens (tertiary/aromatic N) is 2. The van der Waals surface area contributed by atoms with Crippen LogP contribution in [-0.2, 0) is 10.0 Å². The monoisotopic (exact) mass is 311 g/mol. The van der Waals surface area contributed by atoms with Crippen LogP contribution >= 0.6 is 0 Å². The molecule has 1 unspecified atom stereocenters. The third kappa shape index (κ3) is 3.22. The van der Waals surface area contributed by atoms with Crippen LogP contribution in [0, 0.1) is 13.8 Å². The second-order valence-electron chi connectivity index (χ2n) is 6.15. The Morgan fingerprint density at radius 3 is 2.62 bits per heavy atom. The van der Waals surface area contributed by atoms with Gasteiger partial charge in [-0.25, -0.2) is 8.42 Å². The highest BCUT2D eigenvalue weighted by Crippen LogP contribution is 2.30. The highest BCUT2D eigenvalue weighted by molar-refractivity contribution is 7.89. The van der Waals surface area contributed by atoms with Crippen LogP contribution in [-0.4, -0.2) is 50.8 Å². The van der Waals surface area contributed by atoms with Gasteiger partial charge in [0.25, 0.3) is 0 Å². The maximum atomic E-state index is 13.0. The minimum absolute atomic E-state index is 0.0473. The van der Waals surface area contributed by atoms with Crippen LogP contribution in [0.4, 0.5) is 5.69 Å². The standard InChI is InChI=1S/C15H25N3O2S/c1-11-8-14(16)12(2)15(9-11)21(19,20)18-7-5-6-13(18)10-17(3)4/h8-9,13H,5-7,10,16H2,1-4H3. The molecule has 0 spiro atoms. The van der Waals surface area contributed by atoms with Gasteiger partial charge in [0.2, 0.25) is 10.0 Å². The maximum Gasteiger partial charge on any atom is 0.243 e. The summed E-state index contributed by atoms with van der Waals surface area (Å²) >= 11 is 0. The Labute approximate surface area is 127 Å². The molecular formula is C15H25N3O2S. The van der Waals surface area contributed by atoms with Gasteiger partial charge in [0.1, 0.15) is 0 Å². The second kappa shape index (κ2) is 5.94. The normalized spacial score (nSPS) is 20.3. The number of anilines is 1. The minimum atomic E-state index is -3.48. The molecule has 2 N–H and O–H groups in total. The molecule has 0 saturated carbocycles. The summed E-state index contributed by atoms with van der Waals surface area (Å²) in [7, 11) is 0.460. The van der Waals surface area contributed by atoms with Gasteiger partial charge >= 0.3 is 0 Å². The Morgan fingerprint density at radius 1 is 1.33 bits per heavy atom. The number of benzene rings is 1. The lowest BCUT2D eigenvalue weighted by Crippen LogP contribution is -2.41. The average molecular weight is 311 g/mol. The molecule has 1 aliphatic heterocycles. The predicted octanol–water partition coefficient (Wildman–Crippen LogP) is 1.60. The van der Waals surface area contributed by atoms with Gasteiger partial charge in [-0.2, -0.15) is 4.31 Å². The second-order valence-corrected chi connectivity index (χ2v) is 8.01. The van der Waals surface area contributed by atoms with Crippen LogP contribution in [0.3, 0.4) is 0 Å². The Bertz CT molecular complexity index is 626. The van der Waals surface area contributed by atoms with Gasteiger partial charge in [0, 0.05) is 24.8 Å². The number of nitrogen functional groups attached to an aromatic ring is 1. The van der Waals surface area contributed by atoms with Crippen molar-refractivity contribution in [3.05, 3.63) is 23.3 Å². The molecular weight excluding hydrogens is 286 g/mol. The first-order chi connectivity index (χ1) is 9.73.